The lowest BCUT2D eigenvalue weighted by Gasteiger charge is -2.22. The topological polar surface area (TPSA) is 13.7 Å². The van der Waals surface area contributed by atoms with Crippen molar-refractivity contribution in [2.24, 2.45) is 11.8 Å². The van der Waals surface area contributed by atoms with Gasteiger partial charge in [0.15, 0.2) is 0 Å². The van der Waals surface area contributed by atoms with Gasteiger partial charge in [-0.05, 0) is 69.4 Å². The number of fused-ring (bicyclic) bond motifs is 2. The van der Waals surface area contributed by atoms with E-state index < -0.39 is 0 Å². The Morgan fingerprint density at radius 1 is 1.17 bits per heavy atom. The first-order chi connectivity index (χ1) is 11.2. The second-order valence-electron chi connectivity index (χ2n) is 7.30. The van der Waals surface area contributed by atoms with Crippen molar-refractivity contribution >= 4 is 5.76 Å². The minimum Gasteiger partial charge on any atom is -1.00 e. The Labute approximate surface area is 153 Å². The number of quaternary nitrogens is 1. The highest BCUT2D eigenvalue weighted by atomic mass is 35.5. The molecule has 134 valence electrons. The molecule has 0 amide bonds. The smallest absolute Gasteiger partial charge is 0.137 e. The van der Waals surface area contributed by atoms with Crippen LogP contribution in [0.15, 0.2) is 29.8 Å². The summed E-state index contributed by atoms with van der Waals surface area (Å²) in [7, 11) is 0. The average molecular weight is 350 g/mol. The highest BCUT2D eigenvalue weighted by Gasteiger charge is 2.38. The predicted molar refractivity (Wildman–Crippen MR) is 96.4 cm³/mol. The van der Waals surface area contributed by atoms with Crippen LogP contribution in [0.3, 0.4) is 0 Å². The van der Waals surface area contributed by atoms with Gasteiger partial charge in [-0.25, -0.2) is 0 Å². The number of benzene rings is 1. The van der Waals surface area contributed by atoms with Crippen LogP contribution in [-0.2, 0) is 4.74 Å². The summed E-state index contributed by atoms with van der Waals surface area (Å²) in [5.74, 6) is 2.93. The molecular weight excluding hydrogens is 318 g/mol. The molecule has 3 heteroatoms. The van der Waals surface area contributed by atoms with Gasteiger partial charge in [-0.15, -0.1) is 0 Å². The lowest BCUT2D eigenvalue weighted by molar-refractivity contribution is -0.896. The van der Waals surface area contributed by atoms with Crippen molar-refractivity contribution in [2.75, 3.05) is 26.2 Å². The Kier molecular flexibility index (Phi) is 7.18. The summed E-state index contributed by atoms with van der Waals surface area (Å²) < 4.78 is 6.44. The Morgan fingerprint density at radius 2 is 1.92 bits per heavy atom. The van der Waals surface area contributed by atoms with Crippen molar-refractivity contribution in [3.05, 3.63) is 41.0 Å². The van der Waals surface area contributed by atoms with Crippen LogP contribution in [0.2, 0.25) is 0 Å². The number of allylic oxidation sites excluding steroid dienone is 1. The quantitative estimate of drug-likeness (QED) is 0.707. The van der Waals surface area contributed by atoms with Crippen molar-refractivity contribution in [3.8, 4) is 0 Å². The Morgan fingerprint density at radius 3 is 2.50 bits per heavy atom. The monoisotopic (exact) mass is 349 g/mol. The molecule has 1 aromatic rings. The number of likely N-dealkylation sites (N-methyl/N-ethyl adjacent to an activating group) is 1. The van der Waals surface area contributed by atoms with E-state index in [4.69, 9.17) is 4.74 Å². The van der Waals surface area contributed by atoms with Crippen LogP contribution in [0.25, 0.3) is 5.76 Å². The van der Waals surface area contributed by atoms with Crippen LogP contribution in [0.1, 0.15) is 50.7 Å². The molecule has 2 saturated carbocycles. The second-order valence-corrected chi connectivity index (χ2v) is 7.30. The Balaban J connectivity index is 0.00000208. The van der Waals surface area contributed by atoms with E-state index in [9.17, 15) is 0 Å². The average Bonchev–Trinajstić information content (AvgIpc) is 3.19. The zero-order valence-corrected chi connectivity index (χ0v) is 16.2. The van der Waals surface area contributed by atoms with Gasteiger partial charge >= 0.3 is 0 Å². The molecule has 24 heavy (non-hydrogen) atoms. The van der Waals surface area contributed by atoms with Gasteiger partial charge in [0.25, 0.3) is 0 Å². The maximum atomic E-state index is 6.44. The molecule has 0 aromatic heterocycles. The molecule has 2 nitrogen and oxygen atoms in total. The molecule has 0 heterocycles. The first-order valence-electron chi connectivity index (χ1n) is 9.48. The molecule has 0 spiro atoms. The third kappa shape index (κ3) is 4.15. The molecule has 2 atom stereocenters. The molecule has 3 rings (SSSR count). The standard InChI is InChI=1S/C21H31NO.ClH/c1-4-22(5-2)12-13-23-21(19-9-7-6-8-16(19)3)20-15-17-10-11-18(20)14-17;/h6-9,17-18H,4-5,10-15H2,1-3H3;1H/b21-20-;. The molecule has 0 aliphatic heterocycles. The summed E-state index contributed by atoms with van der Waals surface area (Å²) in [6, 6.07) is 8.73. The Bertz CT molecular complexity index is 565. The summed E-state index contributed by atoms with van der Waals surface area (Å²) in [5, 5.41) is 0. The second kappa shape index (κ2) is 8.92. The zero-order chi connectivity index (χ0) is 16.2. The van der Waals surface area contributed by atoms with E-state index in [1.54, 1.807) is 10.5 Å². The summed E-state index contributed by atoms with van der Waals surface area (Å²) in [4.78, 5) is 1.62. The third-order valence-corrected chi connectivity index (χ3v) is 5.93. The number of aryl methyl sites for hydroxylation is 1. The molecule has 1 aromatic carbocycles. The largest absolute Gasteiger partial charge is 1.00 e. The van der Waals surface area contributed by atoms with E-state index in [0.717, 1.165) is 25.0 Å². The van der Waals surface area contributed by atoms with Crippen LogP contribution in [0.4, 0.5) is 0 Å². The summed E-state index contributed by atoms with van der Waals surface area (Å²) in [6.07, 6.45) is 5.47. The van der Waals surface area contributed by atoms with Crippen molar-refractivity contribution in [1.82, 2.24) is 0 Å². The summed E-state index contributed by atoms with van der Waals surface area (Å²) in [5.41, 5.74) is 4.28. The first kappa shape index (κ1) is 19.3. The molecule has 2 bridgehead atoms. The molecule has 0 radical (unpaired) electrons. The number of halogens is 1. The fourth-order valence-electron chi connectivity index (χ4n) is 4.40. The molecule has 2 unspecified atom stereocenters. The molecular formula is C21H32ClNO. The van der Waals surface area contributed by atoms with Crippen molar-refractivity contribution < 1.29 is 22.0 Å². The minimum atomic E-state index is 0. The van der Waals surface area contributed by atoms with Crippen molar-refractivity contribution in [3.63, 3.8) is 0 Å². The molecule has 2 aliphatic rings. The van der Waals surface area contributed by atoms with Crippen LogP contribution in [0.5, 0.6) is 0 Å². The van der Waals surface area contributed by atoms with Crippen molar-refractivity contribution in [2.45, 2.75) is 46.5 Å². The van der Waals surface area contributed by atoms with Gasteiger partial charge in [0.1, 0.15) is 18.9 Å². The lowest BCUT2D eigenvalue weighted by atomic mass is 9.91. The maximum Gasteiger partial charge on any atom is 0.137 e. The number of hydrogen-bond acceptors (Lipinski definition) is 1. The van der Waals surface area contributed by atoms with Crippen LogP contribution in [0, 0.1) is 18.8 Å². The fraction of sp³-hybridized carbons (Fsp3) is 0.619. The number of ether oxygens (including phenoxy) is 1. The number of hydrogen-bond donors (Lipinski definition) is 1. The van der Waals surface area contributed by atoms with Crippen LogP contribution >= 0.6 is 0 Å². The summed E-state index contributed by atoms with van der Waals surface area (Å²) >= 11 is 0. The van der Waals surface area contributed by atoms with Gasteiger partial charge in [0.2, 0.25) is 0 Å². The van der Waals surface area contributed by atoms with E-state index in [-0.39, 0.29) is 12.4 Å². The fourth-order valence-corrected chi connectivity index (χ4v) is 4.40. The molecule has 2 aliphatic carbocycles. The van der Waals surface area contributed by atoms with Gasteiger partial charge in [-0.1, -0.05) is 24.3 Å². The van der Waals surface area contributed by atoms with Gasteiger partial charge in [0.05, 0.1) is 13.1 Å². The minimum absolute atomic E-state index is 0. The molecule has 0 saturated heterocycles. The van der Waals surface area contributed by atoms with Crippen LogP contribution < -0.4 is 17.3 Å². The van der Waals surface area contributed by atoms with Gasteiger partial charge in [-0.2, -0.15) is 0 Å². The molecule has 1 N–H and O–H groups in total. The van der Waals surface area contributed by atoms with Gasteiger partial charge < -0.3 is 22.0 Å². The normalized spacial score (nSPS) is 24.2. The van der Waals surface area contributed by atoms with Gasteiger partial charge in [-0.3, -0.25) is 0 Å². The Hall–Kier alpha value is -0.990. The van der Waals surface area contributed by atoms with E-state index in [1.165, 1.54) is 55.7 Å². The van der Waals surface area contributed by atoms with Crippen LogP contribution in [-0.4, -0.2) is 26.2 Å². The zero-order valence-electron chi connectivity index (χ0n) is 15.4. The molecule has 2 fully saturated rings. The van der Waals surface area contributed by atoms with Crippen molar-refractivity contribution in [1.29, 1.82) is 0 Å². The van der Waals surface area contributed by atoms with E-state index >= 15 is 0 Å². The maximum absolute atomic E-state index is 6.44. The van der Waals surface area contributed by atoms with E-state index in [0.29, 0.717) is 0 Å². The first-order valence-corrected chi connectivity index (χ1v) is 9.48. The van der Waals surface area contributed by atoms with Gasteiger partial charge in [0, 0.05) is 5.56 Å². The van der Waals surface area contributed by atoms with E-state index in [2.05, 4.69) is 45.0 Å². The van der Waals surface area contributed by atoms with E-state index in [1.807, 2.05) is 0 Å². The SMILES string of the molecule is CC[NH+](CC)CCO/C(=C1/CC2CCC1C2)c1ccccc1C.[Cl-]. The predicted octanol–water partition coefficient (Wildman–Crippen LogP) is 0.471. The highest BCUT2D eigenvalue weighted by Crippen LogP contribution is 2.50. The summed E-state index contributed by atoms with van der Waals surface area (Å²) in [6.45, 7) is 11.0. The highest BCUT2D eigenvalue weighted by molar-refractivity contribution is 5.67. The lowest BCUT2D eigenvalue weighted by Crippen LogP contribution is -3.11. The third-order valence-electron chi connectivity index (χ3n) is 5.93. The number of nitrogens with one attached hydrogen (secondary N) is 1. The number of rotatable bonds is 7.